The van der Waals surface area contributed by atoms with Crippen LogP contribution in [0.2, 0.25) is 0 Å². The Labute approximate surface area is 137 Å². The molecule has 0 unspecified atom stereocenters. The van der Waals surface area contributed by atoms with Gasteiger partial charge < -0.3 is 4.42 Å². The van der Waals surface area contributed by atoms with Gasteiger partial charge in [-0.15, -0.1) is 0 Å². The zero-order valence-corrected chi connectivity index (χ0v) is 13.6. The number of H-pyrrole nitrogens is 1. The summed E-state index contributed by atoms with van der Waals surface area (Å²) in [7, 11) is -3.71. The summed E-state index contributed by atoms with van der Waals surface area (Å²) in [6.45, 7) is 1.72. The number of benzene rings is 2. The number of nitrogens with one attached hydrogen (secondary N) is 2. The molecule has 2 aromatic carbocycles. The molecular formula is C16H15FN2O4S. The number of fused-ring (bicyclic) bond motifs is 1. The fraction of sp³-hybridized carbons (Fsp3) is 0.188. The summed E-state index contributed by atoms with van der Waals surface area (Å²) < 4.78 is 45.0. The normalized spacial score (nSPS) is 11.9. The summed E-state index contributed by atoms with van der Waals surface area (Å²) in [5, 5.41) is 0. The van der Waals surface area contributed by atoms with Gasteiger partial charge in [-0.25, -0.2) is 22.3 Å². The highest BCUT2D eigenvalue weighted by Crippen LogP contribution is 2.16. The molecule has 1 aromatic heterocycles. The second-order valence-electron chi connectivity index (χ2n) is 5.40. The minimum absolute atomic E-state index is 0.0542. The number of oxazole rings is 1. The van der Waals surface area contributed by atoms with Crippen LogP contribution in [0.3, 0.4) is 0 Å². The fourth-order valence-electron chi connectivity index (χ4n) is 2.48. The van der Waals surface area contributed by atoms with Crippen LogP contribution in [0, 0.1) is 12.7 Å². The molecule has 0 fully saturated rings. The minimum atomic E-state index is -3.71. The standard InChI is InChI=1S/C16H15FN2O4S/c1-10-8-12(17)3-5-15(10)24(21,22)18-7-6-11-2-4-14-13(9-11)19-16(20)23-14/h2-5,8-9,18H,6-7H2,1H3,(H,19,20). The van der Waals surface area contributed by atoms with Crippen LogP contribution in [0.1, 0.15) is 11.1 Å². The van der Waals surface area contributed by atoms with Gasteiger partial charge in [-0.05, 0) is 54.8 Å². The molecule has 126 valence electrons. The predicted molar refractivity (Wildman–Crippen MR) is 86.9 cm³/mol. The molecule has 0 atom stereocenters. The largest absolute Gasteiger partial charge is 0.417 e. The van der Waals surface area contributed by atoms with Gasteiger partial charge in [0, 0.05) is 6.54 Å². The van der Waals surface area contributed by atoms with Crippen molar-refractivity contribution < 1.29 is 17.2 Å². The monoisotopic (exact) mass is 350 g/mol. The molecule has 0 aliphatic carbocycles. The molecule has 0 spiro atoms. The summed E-state index contributed by atoms with van der Waals surface area (Å²) in [5.41, 5.74) is 2.21. The molecule has 0 saturated carbocycles. The molecular weight excluding hydrogens is 335 g/mol. The van der Waals surface area contributed by atoms with Crippen LogP contribution in [-0.4, -0.2) is 19.9 Å². The maximum Gasteiger partial charge on any atom is 0.417 e. The Morgan fingerprint density at radius 2 is 2.00 bits per heavy atom. The topological polar surface area (TPSA) is 92.2 Å². The van der Waals surface area contributed by atoms with Crippen molar-refractivity contribution in [2.24, 2.45) is 0 Å². The first kappa shape index (κ1) is 16.4. The fourth-order valence-corrected chi connectivity index (χ4v) is 3.73. The summed E-state index contributed by atoms with van der Waals surface area (Å²) in [6.07, 6.45) is 0.433. The van der Waals surface area contributed by atoms with E-state index in [1.165, 1.54) is 12.1 Å². The Bertz CT molecular complexity index is 1050. The van der Waals surface area contributed by atoms with Crippen LogP contribution in [0.4, 0.5) is 4.39 Å². The average Bonchev–Trinajstić information content (AvgIpc) is 2.86. The first-order chi connectivity index (χ1) is 11.3. The van der Waals surface area contributed by atoms with Gasteiger partial charge in [0.25, 0.3) is 0 Å². The molecule has 24 heavy (non-hydrogen) atoms. The van der Waals surface area contributed by atoms with E-state index in [1.807, 2.05) is 0 Å². The van der Waals surface area contributed by atoms with E-state index in [0.29, 0.717) is 23.1 Å². The van der Waals surface area contributed by atoms with Crippen LogP contribution in [0.5, 0.6) is 0 Å². The van der Waals surface area contributed by atoms with E-state index in [1.54, 1.807) is 25.1 Å². The van der Waals surface area contributed by atoms with E-state index >= 15 is 0 Å². The van der Waals surface area contributed by atoms with Gasteiger partial charge in [0.05, 0.1) is 10.4 Å². The van der Waals surface area contributed by atoms with Crippen LogP contribution in [0.15, 0.2) is 50.5 Å². The predicted octanol–water partition coefficient (Wildman–Crippen LogP) is 2.09. The Balaban J connectivity index is 1.71. The number of aromatic amines is 1. The molecule has 0 saturated heterocycles. The summed E-state index contributed by atoms with van der Waals surface area (Å²) in [5.74, 6) is -1.01. The molecule has 3 rings (SSSR count). The first-order valence-electron chi connectivity index (χ1n) is 7.23. The van der Waals surface area contributed by atoms with Crippen LogP contribution < -0.4 is 10.5 Å². The van der Waals surface area contributed by atoms with Crippen molar-refractivity contribution in [2.45, 2.75) is 18.2 Å². The third-order valence-electron chi connectivity index (χ3n) is 3.62. The van der Waals surface area contributed by atoms with Crippen molar-refractivity contribution in [3.63, 3.8) is 0 Å². The lowest BCUT2D eigenvalue weighted by Gasteiger charge is -2.09. The molecule has 1 heterocycles. The number of aryl methyl sites for hydroxylation is 1. The Morgan fingerprint density at radius 3 is 2.75 bits per heavy atom. The second-order valence-corrected chi connectivity index (χ2v) is 7.14. The highest BCUT2D eigenvalue weighted by Gasteiger charge is 2.16. The lowest BCUT2D eigenvalue weighted by molar-refractivity contribution is 0.555. The number of sulfonamides is 1. The number of hydrogen-bond acceptors (Lipinski definition) is 4. The van der Waals surface area contributed by atoms with Gasteiger partial charge in [-0.1, -0.05) is 6.07 Å². The van der Waals surface area contributed by atoms with Crippen molar-refractivity contribution in [1.82, 2.24) is 9.71 Å². The number of hydrogen-bond donors (Lipinski definition) is 2. The van der Waals surface area contributed by atoms with E-state index in [9.17, 15) is 17.6 Å². The molecule has 8 heteroatoms. The Hall–Kier alpha value is -2.45. The smallest absolute Gasteiger partial charge is 0.408 e. The zero-order valence-electron chi connectivity index (χ0n) is 12.8. The molecule has 0 bridgehead atoms. The summed E-state index contributed by atoms with van der Waals surface area (Å²) in [4.78, 5) is 13.7. The van der Waals surface area contributed by atoms with Gasteiger partial charge in [0.15, 0.2) is 5.58 Å². The minimum Gasteiger partial charge on any atom is -0.408 e. The lowest BCUT2D eigenvalue weighted by Crippen LogP contribution is -2.26. The Kier molecular flexibility index (Phi) is 4.25. The third kappa shape index (κ3) is 3.39. The average molecular weight is 350 g/mol. The number of halogens is 1. The molecule has 0 aliphatic heterocycles. The third-order valence-corrected chi connectivity index (χ3v) is 5.24. The molecule has 0 aliphatic rings. The van der Waals surface area contributed by atoms with E-state index in [2.05, 4.69) is 9.71 Å². The van der Waals surface area contributed by atoms with Gasteiger partial charge >= 0.3 is 5.76 Å². The molecule has 0 radical (unpaired) electrons. The summed E-state index contributed by atoms with van der Waals surface area (Å²) >= 11 is 0. The van der Waals surface area contributed by atoms with Gasteiger partial charge in [0.1, 0.15) is 5.82 Å². The van der Waals surface area contributed by atoms with E-state index in [-0.39, 0.29) is 11.4 Å². The SMILES string of the molecule is Cc1cc(F)ccc1S(=O)(=O)NCCc1ccc2oc(=O)[nH]c2c1. The molecule has 3 aromatic rings. The number of aromatic nitrogens is 1. The van der Waals surface area contributed by atoms with Crippen molar-refractivity contribution in [3.8, 4) is 0 Å². The van der Waals surface area contributed by atoms with Crippen molar-refractivity contribution in [3.05, 3.63) is 63.9 Å². The van der Waals surface area contributed by atoms with Crippen LogP contribution in [-0.2, 0) is 16.4 Å². The van der Waals surface area contributed by atoms with Gasteiger partial charge in [-0.3, -0.25) is 4.98 Å². The highest BCUT2D eigenvalue weighted by molar-refractivity contribution is 7.89. The van der Waals surface area contributed by atoms with Crippen LogP contribution in [0.25, 0.3) is 11.1 Å². The second kappa shape index (κ2) is 6.21. The van der Waals surface area contributed by atoms with Crippen molar-refractivity contribution in [1.29, 1.82) is 0 Å². The summed E-state index contributed by atoms with van der Waals surface area (Å²) in [6, 6.07) is 8.69. The number of rotatable bonds is 5. The Morgan fingerprint density at radius 1 is 1.21 bits per heavy atom. The lowest BCUT2D eigenvalue weighted by atomic mass is 10.1. The molecule has 2 N–H and O–H groups in total. The van der Waals surface area contributed by atoms with E-state index in [4.69, 9.17) is 4.42 Å². The van der Waals surface area contributed by atoms with Crippen molar-refractivity contribution in [2.75, 3.05) is 6.54 Å². The van der Waals surface area contributed by atoms with Crippen LogP contribution >= 0.6 is 0 Å². The first-order valence-corrected chi connectivity index (χ1v) is 8.71. The maximum atomic E-state index is 13.1. The molecule has 6 nitrogen and oxygen atoms in total. The highest BCUT2D eigenvalue weighted by atomic mass is 32.2. The van der Waals surface area contributed by atoms with E-state index < -0.39 is 21.6 Å². The van der Waals surface area contributed by atoms with Gasteiger partial charge in [-0.2, -0.15) is 0 Å². The van der Waals surface area contributed by atoms with Crippen molar-refractivity contribution >= 4 is 21.1 Å². The maximum absolute atomic E-state index is 13.1. The quantitative estimate of drug-likeness (QED) is 0.737. The zero-order chi connectivity index (χ0) is 17.3. The van der Waals surface area contributed by atoms with Gasteiger partial charge in [0.2, 0.25) is 10.0 Å². The van der Waals surface area contributed by atoms with E-state index in [0.717, 1.165) is 11.6 Å². The molecule has 0 amide bonds.